The van der Waals surface area contributed by atoms with Crippen LogP contribution in [-0.4, -0.2) is 7.11 Å². The first kappa shape index (κ1) is 15.4. The molecule has 0 radical (unpaired) electrons. The number of rotatable bonds is 4. The Kier molecular flexibility index (Phi) is 4.56. The number of hydrogen-bond acceptors (Lipinski definition) is 2. The summed E-state index contributed by atoms with van der Waals surface area (Å²) in [5, 5.41) is 0. The third kappa shape index (κ3) is 4.01. The van der Waals surface area contributed by atoms with Crippen LogP contribution in [0.25, 0.3) is 0 Å². The van der Waals surface area contributed by atoms with Crippen molar-refractivity contribution in [3.63, 3.8) is 0 Å². The lowest BCUT2D eigenvalue weighted by Gasteiger charge is -2.21. The third-order valence-corrected chi connectivity index (χ3v) is 3.61. The molecular weight excluding hydrogens is 260 g/mol. The van der Waals surface area contributed by atoms with E-state index < -0.39 is 0 Å². The molecule has 0 amide bonds. The Labute approximate surface area is 127 Å². The van der Waals surface area contributed by atoms with Crippen LogP contribution in [0, 0.1) is 6.92 Å². The predicted octanol–water partition coefficient (Wildman–Crippen LogP) is 4.88. The highest BCUT2D eigenvalue weighted by Gasteiger charge is 2.15. The number of hydrogen-bond donors (Lipinski definition) is 0. The lowest BCUT2D eigenvalue weighted by molar-refractivity contribution is 0.303. The largest absolute Gasteiger partial charge is 0.497 e. The summed E-state index contributed by atoms with van der Waals surface area (Å²) < 4.78 is 11.2. The molecule has 0 aliphatic carbocycles. The molecule has 0 bridgehead atoms. The van der Waals surface area contributed by atoms with Crippen molar-refractivity contribution in [2.45, 2.75) is 39.7 Å². The highest BCUT2D eigenvalue weighted by Crippen LogP contribution is 2.28. The maximum absolute atomic E-state index is 5.99. The minimum atomic E-state index is 0.131. The Balaban J connectivity index is 2.11. The zero-order chi connectivity index (χ0) is 15.5. The molecule has 21 heavy (non-hydrogen) atoms. The molecule has 112 valence electrons. The van der Waals surface area contributed by atoms with E-state index in [1.807, 2.05) is 24.3 Å². The van der Waals surface area contributed by atoms with Gasteiger partial charge in [-0.15, -0.1) is 0 Å². The average molecular weight is 284 g/mol. The van der Waals surface area contributed by atoms with E-state index in [2.05, 4.69) is 45.9 Å². The van der Waals surface area contributed by atoms with Crippen LogP contribution in [0.3, 0.4) is 0 Å². The van der Waals surface area contributed by atoms with Crippen LogP contribution in [0.15, 0.2) is 42.5 Å². The molecule has 0 aromatic heterocycles. The third-order valence-electron chi connectivity index (χ3n) is 3.61. The summed E-state index contributed by atoms with van der Waals surface area (Å²) in [6, 6.07) is 14.4. The van der Waals surface area contributed by atoms with Crippen molar-refractivity contribution < 1.29 is 9.47 Å². The van der Waals surface area contributed by atoms with E-state index in [4.69, 9.17) is 9.47 Å². The van der Waals surface area contributed by atoms with Gasteiger partial charge in [-0.2, -0.15) is 0 Å². The van der Waals surface area contributed by atoms with Crippen molar-refractivity contribution in [3.05, 3.63) is 59.2 Å². The molecule has 0 saturated carbocycles. The fraction of sp³-hybridized carbons (Fsp3) is 0.368. The van der Waals surface area contributed by atoms with Gasteiger partial charge in [-0.25, -0.2) is 0 Å². The standard InChI is InChI=1S/C19H24O2/c1-14-6-9-16(19(2,3)4)12-18(14)21-13-15-7-10-17(20-5)11-8-15/h6-12H,13H2,1-5H3. The summed E-state index contributed by atoms with van der Waals surface area (Å²) in [5.41, 5.74) is 3.72. The number of ether oxygens (including phenoxy) is 2. The van der Waals surface area contributed by atoms with Crippen molar-refractivity contribution in [2.75, 3.05) is 7.11 Å². The van der Waals surface area contributed by atoms with Crippen LogP contribution < -0.4 is 9.47 Å². The summed E-state index contributed by atoms with van der Waals surface area (Å²) in [4.78, 5) is 0. The second-order valence-corrected chi connectivity index (χ2v) is 6.37. The molecule has 0 fully saturated rings. The van der Waals surface area contributed by atoms with E-state index in [0.717, 1.165) is 22.6 Å². The number of benzene rings is 2. The van der Waals surface area contributed by atoms with Crippen molar-refractivity contribution in [2.24, 2.45) is 0 Å². The molecule has 2 heteroatoms. The van der Waals surface area contributed by atoms with Gasteiger partial charge < -0.3 is 9.47 Å². The van der Waals surface area contributed by atoms with Crippen LogP contribution >= 0.6 is 0 Å². The van der Waals surface area contributed by atoms with Gasteiger partial charge in [0.15, 0.2) is 0 Å². The molecule has 0 unspecified atom stereocenters. The minimum absolute atomic E-state index is 0.131. The first-order valence-electron chi connectivity index (χ1n) is 7.27. The Bertz CT molecular complexity index is 592. The molecule has 2 aromatic rings. The predicted molar refractivity (Wildman–Crippen MR) is 87.2 cm³/mol. The van der Waals surface area contributed by atoms with E-state index >= 15 is 0 Å². The molecule has 2 aromatic carbocycles. The Morgan fingerprint density at radius 3 is 2.19 bits per heavy atom. The van der Waals surface area contributed by atoms with Gasteiger partial charge in [0.05, 0.1) is 7.11 Å². The van der Waals surface area contributed by atoms with Crippen molar-refractivity contribution in [1.82, 2.24) is 0 Å². The molecule has 0 atom stereocenters. The Morgan fingerprint density at radius 2 is 1.62 bits per heavy atom. The van der Waals surface area contributed by atoms with Crippen LogP contribution in [0.4, 0.5) is 0 Å². The molecular formula is C19H24O2. The van der Waals surface area contributed by atoms with E-state index in [1.54, 1.807) is 7.11 Å². The van der Waals surface area contributed by atoms with E-state index in [9.17, 15) is 0 Å². The maximum atomic E-state index is 5.99. The van der Waals surface area contributed by atoms with Crippen molar-refractivity contribution in [1.29, 1.82) is 0 Å². The topological polar surface area (TPSA) is 18.5 Å². The molecule has 0 aliphatic heterocycles. The Morgan fingerprint density at radius 1 is 0.952 bits per heavy atom. The van der Waals surface area contributed by atoms with Crippen molar-refractivity contribution >= 4 is 0 Å². The molecule has 2 rings (SSSR count). The van der Waals surface area contributed by atoms with Gasteiger partial charge in [0.25, 0.3) is 0 Å². The summed E-state index contributed by atoms with van der Waals surface area (Å²) in [5.74, 6) is 1.82. The molecule has 0 saturated heterocycles. The second-order valence-electron chi connectivity index (χ2n) is 6.37. The summed E-state index contributed by atoms with van der Waals surface area (Å²) in [7, 11) is 1.67. The molecule has 0 heterocycles. The monoisotopic (exact) mass is 284 g/mol. The lowest BCUT2D eigenvalue weighted by Crippen LogP contribution is -2.11. The van der Waals surface area contributed by atoms with Gasteiger partial charge in [-0.3, -0.25) is 0 Å². The zero-order valence-corrected chi connectivity index (χ0v) is 13.6. The number of methoxy groups -OCH3 is 1. The fourth-order valence-electron chi connectivity index (χ4n) is 2.10. The van der Waals surface area contributed by atoms with Gasteiger partial charge in [0.2, 0.25) is 0 Å². The zero-order valence-electron chi connectivity index (χ0n) is 13.6. The average Bonchev–Trinajstić information content (AvgIpc) is 2.45. The van der Waals surface area contributed by atoms with Gasteiger partial charge in [0.1, 0.15) is 18.1 Å². The second kappa shape index (κ2) is 6.21. The normalized spacial score (nSPS) is 11.3. The fourth-order valence-corrected chi connectivity index (χ4v) is 2.10. The molecule has 0 N–H and O–H groups in total. The van der Waals surface area contributed by atoms with E-state index in [-0.39, 0.29) is 5.41 Å². The van der Waals surface area contributed by atoms with Crippen LogP contribution in [0.2, 0.25) is 0 Å². The lowest BCUT2D eigenvalue weighted by atomic mass is 9.86. The van der Waals surface area contributed by atoms with Crippen LogP contribution in [0.5, 0.6) is 11.5 Å². The smallest absolute Gasteiger partial charge is 0.123 e. The summed E-state index contributed by atoms with van der Waals surface area (Å²) in [6.07, 6.45) is 0. The number of aryl methyl sites for hydroxylation is 1. The Hall–Kier alpha value is -1.96. The highest BCUT2D eigenvalue weighted by atomic mass is 16.5. The summed E-state index contributed by atoms with van der Waals surface area (Å²) >= 11 is 0. The van der Waals surface area contributed by atoms with E-state index in [1.165, 1.54) is 5.56 Å². The SMILES string of the molecule is COc1ccc(COc2cc(C(C)(C)C)ccc2C)cc1. The van der Waals surface area contributed by atoms with Gasteiger partial charge in [0, 0.05) is 0 Å². The summed E-state index contributed by atoms with van der Waals surface area (Å²) in [6.45, 7) is 9.29. The first-order chi connectivity index (χ1) is 9.90. The quantitative estimate of drug-likeness (QED) is 0.796. The molecule has 2 nitrogen and oxygen atoms in total. The van der Waals surface area contributed by atoms with Crippen LogP contribution in [-0.2, 0) is 12.0 Å². The van der Waals surface area contributed by atoms with Crippen molar-refractivity contribution in [3.8, 4) is 11.5 Å². The first-order valence-corrected chi connectivity index (χ1v) is 7.27. The maximum Gasteiger partial charge on any atom is 0.123 e. The van der Waals surface area contributed by atoms with Gasteiger partial charge >= 0.3 is 0 Å². The molecule has 0 aliphatic rings. The minimum Gasteiger partial charge on any atom is -0.497 e. The highest BCUT2D eigenvalue weighted by molar-refractivity contribution is 5.39. The van der Waals surface area contributed by atoms with Gasteiger partial charge in [-0.05, 0) is 47.2 Å². The van der Waals surface area contributed by atoms with E-state index in [0.29, 0.717) is 6.61 Å². The van der Waals surface area contributed by atoms with Crippen LogP contribution in [0.1, 0.15) is 37.5 Å². The molecule has 0 spiro atoms. The van der Waals surface area contributed by atoms with Gasteiger partial charge in [-0.1, -0.05) is 45.0 Å².